The number of hydrogen-bond acceptors (Lipinski definition) is 7. The van der Waals surface area contributed by atoms with E-state index in [4.69, 9.17) is 9.47 Å². The van der Waals surface area contributed by atoms with Gasteiger partial charge in [0.25, 0.3) is 0 Å². The molecule has 3 aromatic rings. The summed E-state index contributed by atoms with van der Waals surface area (Å²) in [6, 6.07) is 3.41. The van der Waals surface area contributed by atoms with Crippen LogP contribution in [0, 0.1) is 11.6 Å². The van der Waals surface area contributed by atoms with Crippen LogP contribution in [0.25, 0.3) is 4.96 Å². The molecule has 4 heterocycles. The lowest BCUT2D eigenvalue weighted by molar-refractivity contribution is -0.187. The molecule has 2 saturated heterocycles. The second-order valence-corrected chi connectivity index (χ2v) is 8.59. The molecular formula is C20H22F2N4O3S. The fourth-order valence-electron chi connectivity index (χ4n) is 4.24. The molecule has 30 heavy (non-hydrogen) atoms. The van der Waals surface area contributed by atoms with Gasteiger partial charge >= 0.3 is 0 Å². The average Bonchev–Trinajstić information content (AvgIpc) is 3.44. The first kappa shape index (κ1) is 19.8. The van der Waals surface area contributed by atoms with Gasteiger partial charge in [0.2, 0.25) is 10.8 Å². The fraction of sp³-hybridized carbons (Fsp3) is 0.500. The zero-order valence-electron chi connectivity index (χ0n) is 16.5. The fourth-order valence-corrected chi connectivity index (χ4v) is 5.37. The Bertz CT molecular complexity index is 1070. The van der Waals surface area contributed by atoms with E-state index in [1.54, 1.807) is 6.07 Å². The van der Waals surface area contributed by atoms with Crippen LogP contribution in [0.2, 0.25) is 0 Å². The van der Waals surface area contributed by atoms with Crippen molar-refractivity contribution in [1.82, 2.24) is 19.5 Å². The molecule has 0 unspecified atom stereocenters. The van der Waals surface area contributed by atoms with Crippen molar-refractivity contribution in [3.8, 4) is 5.88 Å². The van der Waals surface area contributed by atoms with Crippen LogP contribution in [0.4, 0.5) is 8.78 Å². The predicted octanol–water partition coefficient (Wildman–Crippen LogP) is 3.27. The van der Waals surface area contributed by atoms with E-state index in [0.717, 1.165) is 6.07 Å². The molecule has 1 spiro atoms. The summed E-state index contributed by atoms with van der Waals surface area (Å²) < 4.78 is 40.7. The van der Waals surface area contributed by atoms with E-state index in [2.05, 4.69) is 15.0 Å². The minimum Gasteiger partial charge on any atom is -0.492 e. The molecule has 160 valence electrons. The van der Waals surface area contributed by atoms with Gasteiger partial charge in [-0.2, -0.15) is 4.52 Å². The highest BCUT2D eigenvalue weighted by Crippen LogP contribution is 2.43. The molecule has 1 aromatic carbocycles. The Morgan fingerprint density at radius 2 is 1.93 bits per heavy atom. The summed E-state index contributed by atoms with van der Waals surface area (Å²) in [7, 11) is 0. The van der Waals surface area contributed by atoms with Crippen molar-refractivity contribution >= 4 is 16.3 Å². The number of nitrogens with zero attached hydrogens (tertiary/aromatic N) is 4. The monoisotopic (exact) mass is 436 g/mol. The van der Waals surface area contributed by atoms with Crippen molar-refractivity contribution in [1.29, 1.82) is 0 Å². The molecule has 0 radical (unpaired) electrons. The van der Waals surface area contributed by atoms with Gasteiger partial charge in [0.05, 0.1) is 24.1 Å². The number of rotatable bonds is 4. The van der Waals surface area contributed by atoms with Crippen LogP contribution >= 0.6 is 11.3 Å². The van der Waals surface area contributed by atoms with E-state index >= 15 is 0 Å². The Kier molecular flexibility index (Phi) is 4.97. The van der Waals surface area contributed by atoms with Gasteiger partial charge in [0, 0.05) is 32.4 Å². The summed E-state index contributed by atoms with van der Waals surface area (Å²) in [5.74, 6) is -1.75. The molecule has 10 heteroatoms. The van der Waals surface area contributed by atoms with Gasteiger partial charge < -0.3 is 14.6 Å². The Hall–Kier alpha value is -2.14. The molecule has 2 aliphatic heterocycles. The van der Waals surface area contributed by atoms with E-state index in [1.165, 1.54) is 21.9 Å². The number of fused-ring (bicyclic) bond motifs is 1. The predicted molar refractivity (Wildman–Crippen MR) is 106 cm³/mol. The molecular weight excluding hydrogens is 414 g/mol. The maximum Gasteiger partial charge on any atom is 0.230 e. The SMILES string of the molecule is CCc1nc2sc([C@@H](c3ccc(F)c(F)c3)N3CCC4(CC3)OCCO4)c(O)n2n1. The average molecular weight is 436 g/mol. The molecule has 0 saturated carbocycles. The minimum atomic E-state index is -0.916. The summed E-state index contributed by atoms with van der Waals surface area (Å²) in [5, 5.41) is 15.3. The lowest BCUT2D eigenvalue weighted by Crippen LogP contribution is -2.46. The van der Waals surface area contributed by atoms with Gasteiger partial charge in [-0.3, -0.25) is 4.90 Å². The first-order valence-electron chi connectivity index (χ1n) is 10.0. The molecule has 0 amide bonds. The van der Waals surface area contributed by atoms with Crippen molar-refractivity contribution in [3.63, 3.8) is 0 Å². The van der Waals surface area contributed by atoms with E-state index in [1.807, 2.05) is 6.92 Å². The molecule has 1 N–H and O–H groups in total. The van der Waals surface area contributed by atoms with E-state index in [0.29, 0.717) is 66.8 Å². The second-order valence-electron chi connectivity index (χ2n) is 7.59. The Labute approximate surface area is 175 Å². The first-order chi connectivity index (χ1) is 14.5. The van der Waals surface area contributed by atoms with Crippen LogP contribution in [0.5, 0.6) is 5.88 Å². The smallest absolute Gasteiger partial charge is 0.230 e. The van der Waals surface area contributed by atoms with Crippen LogP contribution in [0.3, 0.4) is 0 Å². The third-order valence-electron chi connectivity index (χ3n) is 5.81. The summed E-state index contributed by atoms with van der Waals surface area (Å²) in [6.07, 6.45) is 1.98. The zero-order valence-corrected chi connectivity index (χ0v) is 17.3. The number of aromatic hydroxyl groups is 1. The Morgan fingerprint density at radius 1 is 1.20 bits per heavy atom. The van der Waals surface area contributed by atoms with E-state index < -0.39 is 23.5 Å². The van der Waals surface area contributed by atoms with Gasteiger partial charge in [-0.15, -0.1) is 5.10 Å². The Balaban J connectivity index is 1.54. The van der Waals surface area contributed by atoms with Crippen molar-refractivity contribution in [2.75, 3.05) is 26.3 Å². The zero-order chi connectivity index (χ0) is 20.9. The lowest BCUT2D eigenvalue weighted by Gasteiger charge is -2.41. The molecule has 0 bridgehead atoms. The number of benzene rings is 1. The molecule has 2 aliphatic rings. The number of aryl methyl sites for hydroxylation is 1. The molecule has 0 aliphatic carbocycles. The molecule has 1 atom stereocenters. The number of hydrogen-bond donors (Lipinski definition) is 1. The largest absolute Gasteiger partial charge is 0.492 e. The van der Waals surface area contributed by atoms with Gasteiger partial charge in [0.1, 0.15) is 0 Å². The highest BCUT2D eigenvalue weighted by atomic mass is 32.1. The number of halogens is 2. The Morgan fingerprint density at radius 3 is 2.57 bits per heavy atom. The number of likely N-dealkylation sites (tertiary alicyclic amines) is 1. The van der Waals surface area contributed by atoms with E-state index in [9.17, 15) is 13.9 Å². The lowest BCUT2D eigenvalue weighted by atomic mass is 9.97. The van der Waals surface area contributed by atoms with Crippen molar-refractivity contribution < 1.29 is 23.4 Å². The number of aromatic nitrogens is 3. The van der Waals surface area contributed by atoms with Crippen LogP contribution < -0.4 is 0 Å². The summed E-state index contributed by atoms with van der Waals surface area (Å²) in [6.45, 7) is 4.36. The molecule has 2 aromatic heterocycles. The number of ether oxygens (including phenoxy) is 2. The van der Waals surface area contributed by atoms with Crippen LogP contribution in [-0.2, 0) is 15.9 Å². The summed E-state index contributed by atoms with van der Waals surface area (Å²) in [5.41, 5.74) is 0.564. The van der Waals surface area contributed by atoms with E-state index in [-0.39, 0.29) is 5.88 Å². The summed E-state index contributed by atoms with van der Waals surface area (Å²) in [4.78, 5) is 7.75. The third kappa shape index (κ3) is 3.27. The summed E-state index contributed by atoms with van der Waals surface area (Å²) >= 11 is 1.31. The second kappa shape index (κ2) is 7.52. The van der Waals surface area contributed by atoms with Gasteiger partial charge in [-0.25, -0.2) is 13.8 Å². The van der Waals surface area contributed by atoms with Gasteiger partial charge in [-0.05, 0) is 17.7 Å². The normalized spacial score (nSPS) is 20.4. The highest BCUT2D eigenvalue weighted by molar-refractivity contribution is 7.17. The molecule has 5 rings (SSSR count). The maximum absolute atomic E-state index is 14.1. The molecule has 2 fully saturated rings. The number of thiazole rings is 1. The topological polar surface area (TPSA) is 72.1 Å². The first-order valence-corrected chi connectivity index (χ1v) is 10.9. The van der Waals surface area contributed by atoms with Gasteiger partial charge in [-0.1, -0.05) is 24.3 Å². The van der Waals surface area contributed by atoms with Crippen molar-refractivity contribution in [3.05, 3.63) is 46.1 Å². The number of piperidine rings is 1. The van der Waals surface area contributed by atoms with Crippen LogP contribution in [-0.4, -0.2) is 56.7 Å². The van der Waals surface area contributed by atoms with Crippen molar-refractivity contribution in [2.45, 2.75) is 38.0 Å². The molecule has 7 nitrogen and oxygen atoms in total. The standard InChI is InChI=1S/C20H22F2N4O3S/c1-2-15-23-19-26(24-15)18(27)17(30-19)16(12-3-4-13(21)14(22)11-12)25-7-5-20(6-8-25)28-9-10-29-20/h3-4,11,16,27H,2,5-10H2,1H3/t16-/m1/s1. The quantitative estimate of drug-likeness (QED) is 0.677. The highest BCUT2D eigenvalue weighted by Gasteiger charge is 2.42. The van der Waals surface area contributed by atoms with Crippen LogP contribution in [0.1, 0.15) is 42.1 Å². The van der Waals surface area contributed by atoms with Crippen LogP contribution in [0.15, 0.2) is 18.2 Å². The van der Waals surface area contributed by atoms with Crippen molar-refractivity contribution in [2.24, 2.45) is 0 Å². The van der Waals surface area contributed by atoms with Gasteiger partial charge in [0.15, 0.2) is 23.2 Å². The third-order valence-corrected chi connectivity index (χ3v) is 6.88. The minimum absolute atomic E-state index is 0.0226. The maximum atomic E-state index is 14.1.